The summed E-state index contributed by atoms with van der Waals surface area (Å²) in [6, 6.07) is 4.36. The van der Waals surface area contributed by atoms with Crippen LogP contribution < -0.4 is 25.6 Å². The second-order valence-corrected chi connectivity index (χ2v) is 10.6. The Balaban J connectivity index is 1.98. The third kappa shape index (κ3) is 7.58. The Morgan fingerprint density at radius 3 is 2.58 bits per heavy atom. The van der Waals surface area contributed by atoms with Gasteiger partial charge in [-0.25, -0.2) is 4.98 Å². The summed E-state index contributed by atoms with van der Waals surface area (Å²) in [7, 11) is 7.52. The molecule has 1 aliphatic heterocycles. The Morgan fingerprint density at radius 2 is 2.00 bits per heavy atom. The lowest BCUT2D eigenvalue weighted by atomic mass is 9.94. The van der Waals surface area contributed by atoms with Gasteiger partial charge in [-0.15, -0.1) is 0 Å². The van der Waals surface area contributed by atoms with Crippen molar-refractivity contribution in [1.29, 1.82) is 0 Å². The van der Waals surface area contributed by atoms with Crippen molar-refractivity contribution in [3.63, 3.8) is 0 Å². The molecule has 1 amide bonds. The zero-order valence-electron chi connectivity index (χ0n) is 22.1. The smallest absolute Gasteiger partial charge is 0.387 e. The molecule has 1 fully saturated rings. The number of carbonyl (C=O) groups excluding carboxylic acids is 1. The average molecular weight is 569 g/mol. The second kappa shape index (κ2) is 13.8. The van der Waals surface area contributed by atoms with Gasteiger partial charge in [0.05, 0.1) is 5.57 Å². The predicted molar refractivity (Wildman–Crippen MR) is 151 cm³/mol. The molecule has 0 atom stereocenters. The van der Waals surface area contributed by atoms with Gasteiger partial charge in [0, 0.05) is 37.8 Å². The Bertz CT molecular complexity index is 1140. The first kappa shape index (κ1) is 29.7. The molecule has 1 aliphatic rings. The van der Waals surface area contributed by atoms with Crippen molar-refractivity contribution in [2.45, 2.75) is 25.9 Å². The number of nitrogens with zero attached hydrogens (tertiary/aromatic N) is 3. The lowest BCUT2D eigenvalue weighted by Gasteiger charge is -2.32. The molecule has 2 heterocycles. The Labute approximate surface area is 231 Å². The predicted octanol–water partition coefficient (Wildman–Crippen LogP) is 5.01. The van der Waals surface area contributed by atoms with Gasteiger partial charge in [-0.05, 0) is 64.0 Å². The van der Waals surface area contributed by atoms with Crippen LogP contribution in [0.5, 0.6) is 5.75 Å². The molecule has 0 spiro atoms. The molecule has 0 unspecified atom stereocenters. The van der Waals surface area contributed by atoms with Gasteiger partial charge in [0.1, 0.15) is 22.3 Å². The van der Waals surface area contributed by atoms with Crippen LogP contribution in [-0.2, 0) is 4.79 Å². The zero-order chi connectivity index (χ0) is 27.8. The van der Waals surface area contributed by atoms with E-state index >= 15 is 0 Å². The number of aromatic nitrogens is 1. The van der Waals surface area contributed by atoms with Gasteiger partial charge < -0.3 is 30.5 Å². The third-order valence-electron chi connectivity index (χ3n) is 6.34. The number of carbonyl (C=O) groups is 1. The molecule has 0 aliphatic carbocycles. The number of thiazole rings is 1. The van der Waals surface area contributed by atoms with E-state index in [9.17, 15) is 13.6 Å². The summed E-state index contributed by atoms with van der Waals surface area (Å²) in [4.78, 5) is 22.4. The summed E-state index contributed by atoms with van der Waals surface area (Å²) in [5.74, 6) is 0.599. The van der Waals surface area contributed by atoms with Gasteiger partial charge in [-0.2, -0.15) is 8.78 Å². The molecule has 0 bridgehead atoms. The van der Waals surface area contributed by atoms with Crippen LogP contribution in [0.2, 0.25) is 5.02 Å². The highest BCUT2D eigenvalue weighted by atomic mass is 35.5. The van der Waals surface area contributed by atoms with Crippen LogP contribution in [0.25, 0.3) is 11.3 Å². The average Bonchev–Trinajstić information content (AvgIpc) is 3.30. The van der Waals surface area contributed by atoms with Crippen molar-refractivity contribution in [2.24, 2.45) is 5.92 Å². The fourth-order valence-electron chi connectivity index (χ4n) is 4.32. The van der Waals surface area contributed by atoms with E-state index in [2.05, 4.69) is 46.4 Å². The number of rotatable bonds is 12. The van der Waals surface area contributed by atoms with Crippen LogP contribution in [0.1, 0.15) is 19.3 Å². The Morgan fingerprint density at radius 1 is 1.32 bits per heavy atom. The molecule has 1 aromatic carbocycles. The number of hydrogen-bond donors (Lipinski definition) is 3. The number of piperidine rings is 1. The van der Waals surface area contributed by atoms with Gasteiger partial charge in [0.15, 0.2) is 5.13 Å². The molecular weight excluding hydrogens is 534 g/mol. The minimum absolute atomic E-state index is 0.0789. The molecular formula is C26H35ClF2N6O2S. The number of amides is 1. The van der Waals surface area contributed by atoms with Crippen LogP contribution in [0, 0.1) is 5.92 Å². The quantitative estimate of drug-likeness (QED) is 0.245. The summed E-state index contributed by atoms with van der Waals surface area (Å²) in [5, 5.41) is 10.2. The fourth-order valence-corrected chi connectivity index (χ4v) is 5.52. The van der Waals surface area contributed by atoms with Crippen molar-refractivity contribution in [2.75, 3.05) is 58.0 Å². The molecule has 1 saturated heterocycles. The Kier molecular flexibility index (Phi) is 10.7. The van der Waals surface area contributed by atoms with E-state index in [4.69, 9.17) is 21.3 Å². The van der Waals surface area contributed by atoms with Crippen LogP contribution in [0.4, 0.5) is 18.9 Å². The van der Waals surface area contributed by atoms with Gasteiger partial charge in [-0.3, -0.25) is 4.79 Å². The summed E-state index contributed by atoms with van der Waals surface area (Å²) in [6.45, 7) is 3.39. The van der Waals surface area contributed by atoms with Gasteiger partial charge in [0.25, 0.3) is 5.91 Å². The highest BCUT2D eigenvalue weighted by Gasteiger charge is 2.26. The SMILES string of the molecule is C=CC(C(=O)Nc1sc(N2CCC(CCN(C)C)CC2)nc1-c1cc(Cl)ccc1OC(F)F)=C(NC)NC. The van der Waals surface area contributed by atoms with E-state index in [-0.39, 0.29) is 16.9 Å². The fraction of sp³-hybridized carbons (Fsp3) is 0.462. The molecule has 0 saturated carbocycles. The first-order chi connectivity index (χ1) is 18.2. The minimum atomic E-state index is -3.03. The standard InChI is InChI=1S/C26H35ClF2N6O2S/c1-6-18(22(30-2)31-3)23(36)33-24-21(19-15-17(27)7-8-20(19)37-25(28)29)32-26(38-24)35-13-10-16(11-14-35)9-12-34(4)5/h6-8,15-16,25,30-31H,1,9-14H2,2-5H3,(H,33,36). The van der Waals surface area contributed by atoms with Gasteiger partial charge in [-0.1, -0.05) is 35.6 Å². The summed E-state index contributed by atoms with van der Waals surface area (Å²) < 4.78 is 31.2. The maximum atomic E-state index is 13.2. The van der Waals surface area contributed by atoms with Crippen molar-refractivity contribution < 1.29 is 18.3 Å². The zero-order valence-corrected chi connectivity index (χ0v) is 23.7. The van der Waals surface area contributed by atoms with Crippen LogP contribution in [0.15, 0.2) is 42.2 Å². The molecule has 8 nitrogen and oxygen atoms in total. The molecule has 38 heavy (non-hydrogen) atoms. The van der Waals surface area contributed by atoms with E-state index in [1.165, 1.54) is 35.6 Å². The minimum Gasteiger partial charge on any atom is -0.434 e. The van der Waals surface area contributed by atoms with Crippen molar-refractivity contribution in [1.82, 2.24) is 20.5 Å². The Hall–Kier alpha value is -2.89. The topological polar surface area (TPSA) is 81.8 Å². The number of nitrogens with one attached hydrogen (secondary N) is 3. The maximum absolute atomic E-state index is 13.2. The highest BCUT2D eigenvalue weighted by molar-refractivity contribution is 7.20. The van der Waals surface area contributed by atoms with E-state index < -0.39 is 12.5 Å². The van der Waals surface area contributed by atoms with Crippen LogP contribution in [0.3, 0.4) is 0 Å². The summed E-state index contributed by atoms with van der Waals surface area (Å²) in [6.07, 6.45) is 4.62. The van der Waals surface area contributed by atoms with E-state index in [0.29, 0.717) is 32.6 Å². The van der Waals surface area contributed by atoms with E-state index in [0.717, 1.165) is 38.9 Å². The molecule has 0 radical (unpaired) electrons. The maximum Gasteiger partial charge on any atom is 0.387 e. The van der Waals surface area contributed by atoms with Gasteiger partial charge >= 0.3 is 6.61 Å². The number of ether oxygens (including phenoxy) is 1. The van der Waals surface area contributed by atoms with Crippen molar-refractivity contribution >= 4 is 39.0 Å². The van der Waals surface area contributed by atoms with E-state index in [1.807, 2.05) is 0 Å². The van der Waals surface area contributed by atoms with Crippen molar-refractivity contribution in [3.05, 3.63) is 47.3 Å². The monoisotopic (exact) mass is 568 g/mol. The number of halogens is 3. The number of hydrogen-bond acceptors (Lipinski definition) is 8. The molecule has 1 aromatic heterocycles. The first-order valence-corrected chi connectivity index (χ1v) is 13.5. The molecule has 12 heteroatoms. The largest absolute Gasteiger partial charge is 0.434 e. The van der Waals surface area contributed by atoms with E-state index in [1.54, 1.807) is 14.1 Å². The number of benzene rings is 1. The van der Waals surface area contributed by atoms with Crippen LogP contribution >= 0.6 is 22.9 Å². The van der Waals surface area contributed by atoms with Gasteiger partial charge in [0.2, 0.25) is 0 Å². The molecule has 3 N–H and O–H groups in total. The number of alkyl halides is 2. The normalized spacial score (nSPS) is 14.0. The molecule has 208 valence electrons. The second-order valence-electron chi connectivity index (χ2n) is 9.16. The number of anilines is 2. The molecule has 2 aromatic rings. The third-order valence-corrected chi connectivity index (χ3v) is 7.61. The highest BCUT2D eigenvalue weighted by Crippen LogP contribution is 2.43. The lowest BCUT2D eigenvalue weighted by molar-refractivity contribution is -0.112. The van der Waals surface area contributed by atoms with Crippen molar-refractivity contribution in [3.8, 4) is 17.0 Å². The van der Waals surface area contributed by atoms with Crippen LogP contribution in [-0.4, -0.2) is 70.2 Å². The summed E-state index contributed by atoms with van der Waals surface area (Å²) >= 11 is 7.52. The first-order valence-electron chi connectivity index (χ1n) is 12.4. The lowest BCUT2D eigenvalue weighted by Crippen LogP contribution is -2.34. The summed E-state index contributed by atoms with van der Waals surface area (Å²) in [5.41, 5.74) is 0.862. The molecule has 3 rings (SSSR count).